The first-order valence-electron chi connectivity index (χ1n) is 5.58. The van der Waals surface area contributed by atoms with Crippen LogP contribution in [0.5, 0.6) is 0 Å². The van der Waals surface area contributed by atoms with E-state index in [0.29, 0.717) is 0 Å². The van der Waals surface area contributed by atoms with Crippen molar-refractivity contribution in [1.29, 1.82) is 0 Å². The van der Waals surface area contributed by atoms with Crippen molar-refractivity contribution in [2.75, 3.05) is 6.61 Å². The predicted molar refractivity (Wildman–Crippen MR) is 76.7 cm³/mol. The Kier molecular flexibility index (Phi) is 7.49. The molecule has 0 aromatic carbocycles. The third-order valence-electron chi connectivity index (χ3n) is 2.88. The van der Waals surface area contributed by atoms with Crippen LogP contribution in [0.15, 0.2) is 0 Å². The van der Waals surface area contributed by atoms with Gasteiger partial charge in [0.05, 0.1) is 12.7 Å². The molecule has 19 heteroatoms. The van der Waals surface area contributed by atoms with Crippen molar-refractivity contribution in [3.63, 3.8) is 0 Å². The maximum absolute atomic E-state index is 11.3. The van der Waals surface area contributed by atoms with Gasteiger partial charge in [0.25, 0.3) is 40.5 Å². The third-order valence-corrected chi connectivity index (χ3v) is 7.82. The van der Waals surface area contributed by atoms with E-state index in [0.717, 1.165) is 0 Å². The van der Waals surface area contributed by atoms with E-state index in [9.17, 15) is 43.9 Å². The third kappa shape index (κ3) is 6.32. The topological polar surface area (TPSA) is 278 Å². The Morgan fingerprint density at radius 3 is 1.16 bits per heavy atom. The first-order chi connectivity index (χ1) is 10.8. The lowest BCUT2D eigenvalue weighted by molar-refractivity contribution is 0.109. The molecule has 0 aromatic rings. The summed E-state index contributed by atoms with van der Waals surface area (Å²) in [5.74, 6) is 0. The van der Waals surface area contributed by atoms with Gasteiger partial charge >= 0.3 is 0 Å². The number of hydrogen-bond acceptors (Lipinski definition) is 11. The van der Waals surface area contributed by atoms with E-state index in [1.54, 1.807) is 0 Å². The van der Waals surface area contributed by atoms with Gasteiger partial charge in [-0.25, -0.2) is 0 Å². The van der Waals surface area contributed by atoms with E-state index >= 15 is 0 Å². The summed E-state index contributed by atoms with van der Waals surface area (Å²) in [7, 11) is -23.3. The van der Waals surface area contributed by atoms with Gasteiger partial charge in [-0.05, 0) is 0 Å². The average Bonchev–Trinajstić information content (AvgIpc) is 2.29. The van der Waals surface area contributed by atoms with Gasteiger partial charge in [-0.1, -0.05) is 0 Å². The Bertz CT molecular complexity index is 880. The van der Waals surface area contributed by atoms with Gasteiger partial charge in [-0.15, -0.1) is 0 Å². The molecule has 0 saturated carbocycles. The summed E-state index contributed by atoms with van der Waals surface area (Å²) in [5, 5.41) is 17.7. The van der Waals surface area contributed by atoms with Crippen LogP contribution in [0.1, 0.15) is 0 Å². The standard InChI is InChI=1S/C6H14O15S4/c7-1-2(22(10,11)12)3(8)4(23(13,14)15)5(24(16,17)18)6(9)25(19,20)21/h2-9H,1H2,(H,10,11,12)(H,13,14,15)(H,16,17,18)(H,19,20,21). The monoisotopic (exact) mass is 454 g/mol. The van der Waals surface area contributed by atoms with Crippen LogP contribution in [0.25, 0.3) is 0 Å². The molecule has 0 radical (unpaired) electrons. The quantitative estimate of drug-likeness (QED) is 0.161. The number of aliphatic hydroxyl groups excluding tert-OH is 3. The van der Waals surface area contributed by atoms with E-state index in [-0.39, 0.29) is 0 Å². The van der Waals surface area contributed by atoms with Gasteiger partial charge in [-0.2, -0.15) is 33.7 Å². The molecule has 0 rings (SSSR count). The molecule has 0 bridgehead atoms. The highest BCUT2D eigenvalue weighted by molar-refractivity contribution is 7.92. The van der Waals surface area contributed by atoms with E-state index in [2.05, 4.69) is 0 Å². The van der Waals surface area contributed by atoms with Crippen molar-refractivity contribution in [3.8, 4) is 0 Å². The van der Waals surface area contributed by atoms with Gasteiger partial charge in [0, 0.05) is 0 Å². The molecular weight excluding hydrogens is 440 g/mol. The molecule has 0 heterocycles. The van der Waals surface area contributed by atoms with Crippen LogP contribution < -0.4 is 0 Å². The van der Waals surface area contributed by atoms with Gasteiger partial charge < -0.3 is 15.3 Å². The molecule has 152 valence electrons. The molecule has 0 aliphatic rings. The minimum Gasteiger partial charge on any atom is -0.395 e. The fourth-order valence-corrected chi connectivity index (χ4v) is 6.70. The normalized spacial score (nSPS) is 20.4. The van der Waals surface area contributed by atoms with Crippen molar-refractivity contribution in [2.45, 2.75) is 27.3 Å². The molecule has 0 aliphatic heterocycles. The van der Waals surface area contributed by atoms with Gasteiger partial charge in [0.1, 0.15) is 10.5 Å². The molecule has 7 N–H and O–H groups in total. The molecule has 5 unspecified atom stereocenters. The molecule has 0 amide bonds. The Labute approximate surface area is 141 Å². The second kappa shape index (κ2) is 7.64. The highest BCUT2D eigenvalue weighted by atomic mass is 32.2. The van der Waals surface area contributed by atoms with E-state index in [4.69, 9.17) is 23.3 Å². The Hall–Kier alpha value is -0.480. The molecule has 25 heavy (non-hydrogen) atoms. The van der Waals surface area contributed by atoms with Gasteiger partial charge in [-0.3, -0.25) is 18.2 Å². The predicted octanol–water partition coefficient (Wildman–Crippen LogP) is -4.68. The first kappa shape index (κ1) is 24.5. The van der Waals surface area contributed by atoms with Crippen molar-refractivity contribution in [1.82, 2.24) is 0 Å². The van der Waals surface area contributed by atoms with Crippen LogP contribution in [0.4, 0.5) is 0 Å². The summed E-state index contributed by atoms with van der Waals surface area (Å²) >= 11 is 0. The molecule has 0 aromatic heterocycles. The fourth-order valence-electron chi connectivity index (χ4n) is 1.78. The second-order valence-corrected chi connectivity index (χ2v) is 10.9. The molecular formula is C6H14O15S4. The highest BCUT2D eigenvalue weighted by Gasteiger charge is 2.55. The zero-order valence-electron chi connectivity index (χ0n) is 11.6. The molecule has 0 saturated heterocycles. The van der Waals surface area contributed by atoms with Crippen LogP contribution in [0, 0.1) is 0 Å². The van der Waals surface area contributed by atoms with E-state index in [1.807, 2.05) is 0 Å². The summed E-state index contributed by atoms with van der Waals surface area (Å²) in [5.41, 5.74) is -3.68. The lowest BCUT2D eigenvalue weighted by Gasteiger charge is -2.30. The van der Waals surface area contributed by atoms with Crippen LogP contribution in [0.2, 0.25) is 0 Å². The van der Waals surface area contributed by atoms with Crippen molar-refractivity contribution in [3.05, 3.63) is 0 Å². The second-order valence-electron chi connectivity index (χ2n) is 4.59. The summed E-state index contributed by atoms with van der Waals surface area (Å²) in [4.78, 5) is 0. The zero-order valence-corrected chi connectivity index (χ0v) is 14.9. The summed E-state index contributed by atoms with van der Waals surface area (Å²) in [6, 6.07) is 0. The lowest BCUT2D eigenvalue weighted by atomic mass is 10.1. The van der Waals surface area contributed by atoms with Crippen molar-refractivity contribution < 1.29 is 67.2 Å². The molecule has 0 spiro atoms. The van der Waals surface area contributed by atoms with Crippen molar-refractivity contribution >= 4 is 40.5 Å². The highest BCUT2D eigenvalue weighted by Crippen LogP contribution is 2.25. The van der Waals surface area contributed by atoms with Gasteiger partial charge in [0.15, 0.2) is 5.25 Å². The van der Waals surface area contributed by atoms with Crippen LogP contribution in [0.3, 0.4) is 0 Å². The largest absolute Gasteiger partial charge is 0.395 e. The van der Waals surface area contributed by atoms with E-state index in [1.165, 1.54) is 0 Å². The molecule has 15 nitrogen and oxygen atoms in total. The molecule has 0 aliphatic carbocycles. The number of aliphatic hydroxyl groups is 3. The maximum Gasteiger partial charge on any atom is 0.293 e. The van der Waals surface area contributed by atoms with E-state index < -0.39 is 74.4 Å². The van der Waals surface area contributed by atoms with Crippen LogP contribution in [-0.2, 0) is 40.5 Å². The molecule has 0 fully saturated rings. The average molecular weight is 454 g/mol. The zero-order chi connectivity index (χ0) is 20.6. The number of hydrogen-bond donors (Lipinski definition) is 7. The number of rotatable bonds is 9. The fraction of sp³-hybridized carbons (Fsp3) is 1.00. The summed E-state index contributed by atoms with van der Waals surface area (Å²) < 4.78 is 124. The van der Waals surface area contributed by atoms with Gasteiger partial charge in [0.2, 0.25) is 5.44 Å². The summed E-state index contributed by atoms with van der Waals surface area (Å²) in [6.45, 7) is -1.76. The Balaban J connectivity index is 6.72. The maximum atomic E-state index is 11.3. The minimum atomic E-state index is -6.01. The van der Waals surface area contributed by atoms with Crippen LogP contribution in [-0.4, -0.2) is 101 Å². The Morgan fingerprint density at radius 1 is 0.600 bits per heavy atom. The summed E-state index contributed by atoms with van der Waals surface area (Å²) in [6.07, 6.45) is -3.28. The SMILES string of the molecule is O=S(=O)(O)C(O)C(C(C(O)C(CO)S(=O)(=O)O)S(=O)(=O)O)S(=O)(=O)O. The van der Waals surface area contributed by atoms with Crippen molar-refractivity contribution in [2.24, 2.45) is 0 Å². The molecule has 5 atom stereocenters. The van der Waals surface area contributed by atoms with Crippen LogP contribution >= 0.6 is 0 Å². The minimum absolute atomic E-state index is 1.76. The first-order valence-corrected chi connectivity index (χ1v) is 11.6. The lowest BCUT2D eigenvalue weighted by Crippen LogP contribution is -2.59. The smallest absolute Gasteiger partial charge is 0.293 e. The Morgan fingerprint density at radius 2 is 0.960 bits per heavy atom.